The van der Waals surface area contributed by atoms with Gasteiger partial charge in [0.05, 0.1) is 25.4 Å². The van der Waals surface area contributed by atoms with Crippen LogP contribution in [0.25, 0.3) is 0 Å². The normalized spacial score (nSPS) is 42.4. The van der Waals surface area contributed by atoms with Crippen molar-refractivity contribution in [1.29, 1.82) is 0 Å². The van der Waals surface area contributed by atoms with Gasteiger partial charge >= 0.3 is 0 Å². The Morgan fingerprint density at radius 3 is 2.83 bits per heavy atom. The zero-order valence-electron chi connectivity index (χ0n) is 7.58. The Morgan fingerprint density at radius 1 is 1.25 bits per heavy atom. The van der Waals surface area contributed by atoms with E-state index in [-0.39, 0.29) is 6.10 Å². The Bertz CT molecular complexity index is 188. The molecule has 1 saturated carbocycles. The topological polar surface area (TPSA) is 18.5 Å². The molecular weight excluding hydrogens is 152 g/mol. The van der Waals surface area contributed by atoms with Gasteiger partial charge in [-0.2, -0.15) is 0 Å². The third kappa shape index (κ3) is 1.41. The summed E-state index contributed by atoms with van der Waals surface area (Å²) in [7, 11) is 0. The van der Waals surface area contributed by atoms with Gasteiger partial charge < -0.3 is 9.47 Å². The lowest BCUT2D eigenvalue weighted by Gasteiger charge is -2.40. The summed E-state index contributed by atoms with van der Waals surface area (Å²) in [5, 5.41) is 0. The van der Waals surface area contributed by atoms with E-state index in [0.29, 0.717) is 12.0 Å². The molecule has 0 bridgehead atoms. The van der Waals surface area contributed by atoms with Crippen molar-refractivity contribution in [2.75, 3.05) is 13.2 Å². The first-order valence-corrected chi connectivity index (χ1v) is 4.67. The molecule has 0 aromatic rings. The number of hydrogen-bond donors (Lipinski definition) is 0. The van der Waals surface area contributed by atoms with Gasteiger partial charge in [0.25, 0.3) is 0 Å². The molecule has 2 nitrogen and oxygen atoms in total. The average molecular weight is 168 g/mol. The molecule has 0 amide bonds. The predicted molar refractivity (Wildman–Crippen MR) is 47.0 cm³/mol. The van der Waals surface area contributed by atoms with Gasteiger partial charge in [0.1, 0.15) is 0 Å². The Labute approximate surface area is 73.5 Å². The molecule has 0 radical (unpaired) electrons. The SMILES string of the molecule is C=C1CC(C)C2OCCOC2C1. The van der Waals surface area contributed by atoms with Gasteiger partial charge in [-0.1, -0.05) is 19.1 Å². The molecule has 3 unspecified atom stereocenters. The van der Waals surface area contributed by atoms with Gasteiger partial charge in [-0.05, 0) is 18.8 Å². The van der Waals surface area contributed by atoms with Crippen molar-refractivity contribution in [3.05, 3.63) is 12.2 Å². The van der Waals surface area contributed by atoms with E-state index in [4.69, 9.17) is 9.47 Å². The molecule has 0 aromatic heterocycles. The molecule has 2 aliphatic rings. The van der Waals surface area contributed by atoms with E-state index in [1.54, 1.807) is 0 Å². The van der Waals surface area contributed by atoms with Gasteiger partial charge in [0.15, 0.2) is 0 Å². The number of ether oxygens (including phenoxy) is 2. The second kappa shape index (κ2) is 3.19. The van der Waals surface area contributed by atoms with E-state index in [1.165, 1.54) is 5.57 Å². The van der Waals surface area contributed by atoms with Crippen LogP contribution in [0.1, 0.15) is 19.8 Å². The van der Waals surface area contributed by atoms with E-state index in [2.05, 4.69) is 13.5 Å². The van der Waals surface area contributed by atoms with Crippen molar-refractivity contribution in [3.8, 4) is 0 Å². The van der Waals surface area contributed by atoms with Crippen molar-refractivity contribution in [2.24, 2.45) is 5.92 Å². The Hall–Kier alpha value is -0.340. The monoisotopic (exact) mass is 168 g/mol. The maximum atomic E-state index is 5.68. The lowest BCUT2D eigenvalue weighted by molar-refractivity contribution is -0.163. The van der Waals surface area contributed by atoms with E-state index >= 15 is 0 Å². The first-order valence-electron chi connectivity index (χ1n) is 4.67. The second-order valence-electron chi connectivity index (χ2n) is 3.88. The highest BCUT2D eigenvalue weighted by Crippen LogP contribution is 2.33. The summed E-state index contributed by atoms with van der Waals surface area (Å²) in [6.45, 7) is 7.75. The van der Waals surface area contributed by atoms with Crippen molar-refractivity contribution in [3.63, 3.8) is 0 Å². The first-order chi connectivity index (χ1) is 5.77. The molecule has 2 heteroatoms. The second-order valence-corrected chi connectivity index (χ2v) is 3.88. The molecule has 0 spiro atoms. The predicted octanol–water partition coefficient (Wildman–Crippen LogP) is 1.76. The molecule has 1 aliphatic heterocycles. The van der Waals surface area contributed by atoms with Crippen LogP contribution in [-0.4, -0.2) is 25.4 Å². The third-order valence-electron chi connectivity index (χ3n) is 2.75. The van der Waals surface area contributed by atoms with E-state index < -0.39 is 0 Å². The van der Waals surface area contributed by atoms with Crippen LogP contribution in [0.15, 0.2) is 12.2 Å². The molecule has 68 valence electrons. The Morgan fingerprint density at radius 2 is 2.00 bits per heavy atom. The Kier molecular flexibility index (Phi) is 2.20. The van der Waals surface area contributed by atoms with Crippen LogP contribution in [0.5, 0.6) is 0 Å². The van der Waals surface area contributed by atoms with Crippen LogP contribution in [0.2, 0.25) is 0 Å². The van der Waals surface area contributed by atoms with Gasteiger partial charge in [0.2, 0.25) is 0 Å². The molecule has 3 atom stereocenters. The highest BCUT2D eigenvalue weighted by atomic mass is 16.6. The fourth-order valence-electron chi connectivity index (χ4n) is 2.23. The van der Waals surface area contributed by atoms with Crippen molar-refractivity contribution >= 4 is 0 Å². The highest BCUT2D eigenvalue weighted by molar-refractivity contribution is 5.06. The minimum absolute atomic E-state index is 0.287. The van der Waals surface area contributed by atoms with Crippen LogP contribution in [0, 0.1) is 5.92 Å². The van der Waals surface area contributed by atoms with E-state index in [9.17, 15) is 0 Å². The summed E-state index contributed by atoms with van der Waals surface area (Å²) in [6, 6.07) is 0. The summed E-state index contributed by atoms with van der Waals surface area (Å²) in [4.78, 5) is 0. The molecule has 2 fully saturated rings. The fourth-order valence-corrected chi connectivity index (χ4v) is 2.23. The highest BCUT2D eigenvalue weighted by Gasteiger charge is 2.35. The van der Waals surface area contributed by atoms with Crippen LogP contribution in [0.3, 0.4) is 0 Å². The number of fused-ring (bicyclic) bond motifs is 1. The van der Waals surface area contributed by atoms with Gasteiger partial charge in [-0.25, -0.2) is 0 Å². The van der Waals surface area contributed by atoms with Crippen LogP contribution in [-0.2, 0) is 9.47 Å². The molecule has 12 heavy (non-hydrogen) atoms. The van der Waals surface area contributed by atoms with Crippen LogP contribution in [0.4, 0.5) is 0 Å². The quantitative estimate of drug-likeness (QED) is 0.513. The smallest absolute Gasteiger partial charge is 0.0877 e. The zero-order chi connectivity index (χ0) is 8.55. The van der Waals surface area contributed by atoms with Gasteiger partial charge in [0, 0.05) is 0 Å². The third-order valence-corrected chi connectivity index (χ3v) is 2.75. The maximum Gasteiger partial charge on any atom is 0.0877 e. The lowest BCUT2D eigenvalue weighted by atomic mass is 9.82. The fraction of sp³-hybridized carbons (Fsp3) is 0.800. The summed E-state index contributed by atoms with van der Waals surface area (Å²) < 4.78 is 11.3. The zero-order valence-corrected chi connectivity index (χ0v) is 7.58. The summed E-state index contributed by atoms with van der Waals surface area (Å²) in [5.41, 5.74) is 1.31. The number of hydrogen-bond acceptors (Lipinski definition) is 2. The minimum Gasteiger partial charge on any atom is -0.373 e. The average Bonchev–Trinajstić information content (AvgIpc) is 2.04. The minimum atomic E-state index is 0.287. The van der Waals surface area contributed by atoms with Crippen LogP contribution < -0.4 is 0 Å². The molecule has 1 heterocycles. The van der Waals surface area contributed by atoms with Crippen LogP contribution >= 0.6 is 0 Å². The molecule has 0 aromatic carbocycles. The van der Waals surface area contributed by atoms with Crippen molar-refractivity contribution in [1.82, 2.24) is 0 Å². The van der Waals surface area contributed by atoms with Crippen molar-refractivity contribution in [2.45, 2.75) is 32.0 Å². The van der Waals surface area contributed by atoms with E-state index in [0.717, 1.165) is 26.1 Å². The van der Waals surface area contributed by atoms with Gasteiger partial charge in [-0.3, -0.25) is 0 Å². The molecule has 2 rings (SSSR count). The molecule has 1 saturated heterocycles. The first kappa shape index (κ1) is 8.27. The summed E-state index contributed by atoms with van der Waals surface area (Å²) in [5.74, 6) is 0.580. The standard InChI is InChI=1S/C10H16O2/c1-7-5-8(2)10-9(6-7)11-3-4-12-10/h8-10H,1,3-6H2,2H3. The number of rotatable bonds is 0. The van der Waals surface area contributed by atoms with Crippen molar-refractivity contribution < 1.29 is 9.47 Å². The van der Waals surface area contributed by atoms with E-state index in [1.807, 2.05) is 0 Å². The maximum absolute atomic E-state index is 5.68. The molecule has 1 aliphatic carbocycles. The largest absolute Gasteiger partial charge is 0.373 e. The molecule has 0 N–H and O–H groups in total. The summed E-state index contributed by atoms with van der Waals surface area (Å²) in [6.07, 6.45) is 2.71. The van der Waals surface area contributed by atoms with Gasteiger partial charge in [-0.15, -0.1) is 0 Å². The lowest BCUT2D eigenvalue weighted by Crippen LogP contribution is -2.45. The Balaban J connectivity index is 2.06. The molecular formula is C10H16O2. The summed E-state index contributed by atoms with van der Waals surface area (Å²) >= 11 is 0.